The summed E-state index contributed by atoms with van der Waals surface area (Å²) in [7, 11) is 0. The first-order valence-electron chi connectivity index (χ1n) is 7.49. The Morgan fingerprint density at radius 1 is 1.33 bits per heavy atom. The van der Waals surface area contributed by atoms with Crippen molar-refractivity contribution in [2.75, 3.05) is 13.2 Å². The Kier molecular flexibility index (Phi) is 7.01. The summed E-state index contributed by atoms with van der Waals surface area (Å²) in [5, 5.41) is 0. The molecule has 4 heteroatoms. The van der Waals surface area contributed by atoms with Crippen LogP contribution in [0.5, 0.6) is 0 Å². The van der Waals surface area contributed by atoms with E-state index in [0.29, 0.717) is 18.6 Å². The lowest BCUT2D eigenvalue weighted by Crippen LogP contribution is -2.16. The van der Waals surface area contributed by atoms with E-state index in [-0.39, 0.29) is 6.61 Å². The molecule has 1 aliphatic rings. The zero-order chi connectivity index (χ0) is 15.7. The largest absolute Gasteiger partial charge is 0.462 e. The highest BCUT2D eigenvalue weighted by molar-refractivity contribution is 5.98. The van der Waals surface area contributed by atoms with Gasteiger partial charge in [0.05, 0.1) is 5.57 Å². The molecule has 1 fully saturated rings. The second-order valence-electron chi connectivity index (χ2n) is 5.75. The molecule has 0 saturated carbocycles. The third-order valence-corrected chi connectivity index (χ3v) is 3.28. The molecule has 4 nitrogen and oxygen atoms in total. The fourth-order valence-corrected chi connectivity index (χ4v) is 1.93. The molecule has 1 rings (SSSR count). The van der Waals surface area contributed by atoms with Gasteiger partial charge in [-0.15, -0.1) is 5.92 Å². The summed E-state index contributed by atoms with van der Waals surface area (Å²) in [5.41, 5.74) is -0.0620. The van der Waals surface area contributed by atoms with Crippen molar-refractivity contribution >= 4 is 11.9 Å². The maximum atomic E-state index is 11.7. The third-order valence-electron chi connectivity index (χ3n) is 3.28. The van der Waals surface area contributed by atoms with E-state index in [0.717, 1.165) is 12.8 Å². The third kappa shape index (κ3) is 6.03. The number of carbonyl (C=O) groups excluding carboxylic acids is 2. The molecule has 21 heavy (non-hydrogen) atoms. The standard InChI is InChI=1S/C17H24O4/c1-4-5-6-7-8-9-10-11-20-15(18)12-14-16(19)21-13-17(14,2)3/h12H,4-7,10-11,13H2,1-3H3/b14-12+. The van der Waals surface area contributed by atoms with E-state index in [1.54, 1.807) is 0 Å². The van der Waals surface area contributed by atoms with E-state index in [2.05, 4.69) is 18.8 Å². The molecule has 0 aromatic carbocycles. The molecule has 0 aromatic heterocycles. The van der Waals surface area contributed by atoms with Gasteiger partial charge in [0.1, 0.15) is 13.2 Å². The van der Waals surface area contributed by atoms with Gasteiger partial charge >= 0.3 is 11.9 Å². The van der Waals surface area contributed by atoms with Gasteiger partial charge in [-0.05, 0) is 6.42 Å². The average molecular weight is 292 g/mol. The van der Waals surface area contributed by atoms with Crippen LogP contribution in [0, 0.1) is 17.3 Å². The molecule has 0 spiro atoms. The van der Waals surface area contributed by atoms with Crippen LogP contribution < -0.4 is 0 Å². The Morgan fingerprint density at radius 2 is 2.05 bits per heavy atom. The quantitative estimate of drug-likeness (QED) is 0.327. The minimum absolute atomic E-state index is 0.249. The molecule has 0 amide bonds. The Labute approximate surface area is 126 Å². The molecule has 116 valence electrons. The molecule has 1 saturated heterocycles. The number of hydrogen-bond donors (Lipinski definition) is 0. The number of esters is 2. The fraction of sp³-hybridized carbons (Fsp3) is 0.647. The second kappa shape index (κ2) is 8.51. The van der Waals surface area contributed by atoms with Crippen LogP contribution in [0.4, 0.5) is 0 Å². The first-order valence-corrected chi connectivity index (χ1v) is 7.49. The molecule has 0 aromatic rings. The second-order valence-corrected chi connectivity index (χ2v) is 5.75. The SMILES string of the molecule is CCCCCC#CCCOC(=O)/C=C1\C(=O)OCC1(C)C. The van der Waals surface area contributed by atoms with Crippen molar-refractivity contribution in [1.82, 2.24) is 0 Å². The van der Waals surface area contributed by atoms with Gasteiger partial charge in [-0.25, -0.2) is 9.59 Å². The van der Waals surface area contributed by atoms with Gasteiger partial charge in [-0.2, -0.15) is 0 Å². The van der Waals surface area contributed by atoms with Crippen molar-refractivity contribution in [2.45, 2.75) is 52.9 Å². The molecule has 1 aliphatic heterocycles. The summed E-state index contributed by atoms with van der Waals surface area (Å²) in [6, 6.07) is 0. The highest BCUT2D eigenvalue weighted by Crippen LogP contribution is 2.33. The van der Waals surface area contributed by atoms with Gasteiger partial charge in [0.15, 0.2) is 0 Å². The maximum Gasteiger partial charge on any atom is 0.334 e. The minimum Gasteiger partial charge on any atom is -0.462 e. The Balaban J connectivity index is 2.30. The van der Waals surface area contributed by atoms with Crippen LogP contribution in [0.1, 0.15) is 52.9 Å². The van der Waals surface area contributed by atoms with Crippen molar-refractivity contribution < 1.29 is 19.1 Å². The van der Waals surface area contributed by atoms with Crippen LogP contribution in [-0.4, -0.2) is 25.2 Å². The topological polar surface area (TPSA) is 52.6 Å². The van der Waals surface area contributed by atoms with Gasteiger partial charge in [-0.3, -0.25) is 0 Å². The van der Waals surface area contributed by atoms with Gasteiger partial charge < -0.3 is 9.47 Å². The van der Waals surface area contributed by atoms with Crippen LogP contribution in [0.25, 0.3) is 0 Å². The van der Waals surface area contributed by atoms with Crippen LogP contribution in [0.3, 0.4) is 0 Å². The number of cyclic esters (lactones) is 1. The first-order chi connectivity index (χ1) is 9.97. The zero-order valence-electron chi connectivity index (χ0n) is 13.2. The molecule has 0 unspecified atom stereocenters. The molecule has 0 radical (unpaired) electrons. The summed E-state index contributed by atoms with van der Waals surface area (Å²) in [6.07, 6.45) is 6.16. The van der Waals surface area contributed by atoms with E-state index in [1.807, 2.05) is 13.8 Å². The predicted octanol–water partition coefficient (Wildman–Crippen LogP) is 3.01. The predicted molar refractivity (Wildman–Crippen MR) is 80.3 cm³/mol. The van der Waals surface area contributed by atoms with Crippen molar-refractivity contribution in [3.8, 4) is 11.8 Å². The molecule has 0 aliphatic carbocycles. The smallest absolute Gasteiger partial charge is 0.334 e. The summed E-state index contributed by atoms with van der Waals surface area (Å²) < 4.78 is 9.98. The van der Waals surface area contributed by atoms with Crippen LogP contribution in [0.15, 0.2) is 11.6 Å². The number of unbranched alkanes of at least 4 members (excludes halogenated alkanes) is 3. The van der Waals surface area contributed by atoms with E-state index in [1.165, 1.54) is 18.9 Å². The van der Waals surface area contributed by atoms with Gasteiger partial charge in [0, 0.05) is 24.3 Å². The fourth-order valence-electron chi connectivity index (χ4n) is 1.93. The van der Waals surface area contributed by atoms with E-state index < -0.39 is 17.4 Å². The zero-order valence-corrected chi connectivity index (χ0v) is 13.2. The van der Waals surface area contributed by atoms with Crippen molar-refractivity contribution in [2.24, 2.45) is 5.41 Å². The summed E-state index contributed by atoms with van der Waals surface area (Å²) in [4.78, 5) is 23.2. The first kappa shape index (κ1) is 17.3. The average Bonchev–Trinajstić information content (AvgIpc) is 2.69. The van der Waals surface area contributed by atoms with Crippen molar-refractivity contribution in [1.29, 1.82) is 0 Å². The Bertz CT molecular complexity index is 463. The lowest BCUT2D eigenvalue weighted by molar-refractivity contribution is -0.139. The monoisotopic (exact) mass is 292 g/mol. The summed E-state index contributed by atoms with van der Waals surface area (Å²) in [5.74, 6) is 5.09. The van der Waals surface area contributed by atoms with Crippen LogP contribution >= 0.6 is 0 Å². The molecule has 0 N–H and O–H groups in total. The maximum absolute atomic E-state index is 11.7. The van der Waals surface area contributed by atoms with Crippen LogP contribution in [-0.2, 0) is 19.1 Å². The molecular weight excluding hydrogens is 268 g/mol. The van der Waals surface area contributed by atoms with E-state index in [9.17, 15) is 9.59 Å². The summed E-state index contributed by atoms with van der Waals surface area (Å²) >= 11 is 0. The molecule has 0 atom stereocenters. The Morgan fingerprint density at radius 3 is 2.67 bits per heavy atom. The van der Waals surface area contributed by atoms with Gasteiger partial charge in [-0.1, -0.05) is 39.5 Å². The lowest BCUT2D eigenvalue weighted by Gasteiger charge is -2.13. The van der Waals surface area contributed by atoms with Crippen molar-refractivity contribution in [3.63, 3.8) is 0 Å². The highest BCUT2D eigenvalue weighted by atomic mass is 16.5. The molecular formula is C17H24O4. The summed E-state index contributed by atoms with van der Waals surface area (Å²) in [6.45, 7) is 6.42. The normalized spacial score (nSPS) is 18.0. The van der Waals surface area contributed by atoms with Crippen molar-refractivity contribution in [3.05, 3.63) is 11.6 Å². The molecule has 1 heterocycles. The van der Waals surface area contributed by atoms with E-state index in [4.69, 9.17) is 9.47 Å². The number of carbonyl (C=O) groups is 2. The number of rotatable bonds is 6. The lowest BCUT2D eigenvalue weighted by atomic mass is 9.87. The highest BCUT2D eigenvalue weighted by Gasteiger charge is 2.38. The van der Waals surface area contributed by atoms with E-state index >= 15 is 0 Å². The van der Waals surface area contributed by atoms with Crippen LogP contribution in [0.2, 0.25) is 0 Å². The Hall–Kier alpha value is -1.76. The number of ether oxygens (including phenoxy) is 2. The number of hydrogen-bond acceptors (Lipinski definition) is 4. The van der Waals surface area contributed by atoms with Gasteiger partial charge in [0.2, 0.25) is 0 Å². The van der Waals surface area contributed by atoms with Gasteiger partial charge in [0.25, 0.3) is 0 Å². The molecule has 0 bridgehead atoms. The minimum atomic E-state index is -0.510.